The molecule has 0 aromatic rings. The van der Waals surface area contributed by atoms with Crippen molar-refractivity contribution in [1.82, 2.24) is 9.80 Å². The van der Waals surface area contributed by atoms with Gasteiger partial charge in [-0.25, -0.2) is 0 Å². The molecule has 0 N–H and O–H groups in total. The lowest BCUT2D eigenvalue weighted by Gasteiger charge is -2.39. The number of unbranched alkanes of at least 4 members (excludes halogenated alkanes) is 3. The predicted molar refractivity (Wildman–Crippen MR) is 202 cm³/mol. The van der Waals surface area contributed by atoms with Crippen molar-refractivity contribution in [3.05, 3.63) is 0 Å². The summed E-state index contributed by atoms with van der Waals surface area (Å²) in [6, 6.07) is 4.41. The molecule has 5 atom stereocenters. The van der Waals surface area contributed by atoms with E-state index < -0.39 is 17.1 Å². The minimum Gasteiger partial charge on any atom is -0.398 e. The molecule has 14 heteroatoms. The van der Waals surface area contributed by atoms with Gasteiger partial charge in [-0.3, -0.25) is 0 Å². The number of rotatable bonds is 24. The molecule has 2 aliphatic heterocycles. The molecule has 0 saturated carbocycles. The molecule has 2 heterocycles. The molecule has 2 fully saturated rings. The average Bonchev–Trinajstić information content (AvgIpc) is 3.07. The first-order valence-corrected chi connectivity index (χ1v) is 26.2. The lowest BCUT2D eigenvalue weighted by Crippen LogP contribution is -2.50. The van der Waals surface area contributed by atoms with E-state index in [4.69, 9.17) is 36.7 Å². The van der Waals surface area contributed by atoms with E-state index in [-0.39, 0.29) is 24.0 Å². The molecule has 2 saturated heterocycles. The van der Waals surface area contributed by atoms with Gasteiger partial charge in [0.1, 0.15) is 30.9 Å². The Hall–Kier alpha value is 0.468. The summed E-state index contributed by atoms with van der Waals surface area (Å²) in [5.74, 6) is 0.378. The Kier molecular flexibility index (Phi) is 23.7. The maximum absolute atomic E-state index is 6.87. The van der Waals surface area contributed by atoms with Crippen LogP contribution in [0.1, 0.15) is 71.1 Å². The minimum absolute atomic E-state index is 0.0668. The largest absolute Gasteiger partial charge is 0.398 e. The van der Waals surface area contributed by atoms with Crippen molar-refractivity contribution >= 4 is 36.2 Å². The van der Waals surface area contributed by atoms with Gasteiger partial charge in [0.15, 0.2) is 0 Å². The van der Waals surface area contributed by atoms with Crippen LogP contribution in [-0.2, 0) is 36.7 Å². The van der Waals surface area contributed by atoms with Gasteiger partial charge in [-0.1, -0.05) is 44.7 Å². The summed E-state index contributed by atoms with van der Waals surface area (Å²) >= 11 is 0. The van der Waals surface area contributed by atoms with Crippen molar-refractivity contribution < 1.29 is 36.7 Å². The number of ether oxygens (including phenoxy) is 4. The highest BCUT2D eigenvalue weighted by Crippen LogP contribution is 2.28. The van der Waals surface area contributed by atoms with E-state index in [2.05, 4.69) is 29.8 Å². The van der Waals surface area contributed by atoms with E-state index in [1.165, 1.54) is 44.9 Å². The first-order valence-electron chi connectivity index (χ1n) is 18.6. The molecule has 10 nitrogen and oxygen atoms in total. The molecule has 0 bridgehead atoms. The molecular formula is C34H72N2O8Si4. The highest BCUT2D eigenvalue weighted by atomic mass is 28.4. The number of methoxy groups -OCH3 is 4. The smallest absolute Gasteiger partial charge is 0.335 e. The highest BCUT2D eigenvalue weighted by molar-refractivity contribution is 6.66. The van der Waals surface area contributed by atoms with Crippen LogP contribution in [0.25, 0.3) is 0 Å². The molecule has 0 amide bonds. The van der Waals surface area contributed by atoms with Gasteiger partial charge >= 0.3 is 17.1 Å². The summed E-state index contributed by atoms with van der Waals surface area (Å²) in [5, 5.41) is 0. The zero-order chi connectivity index (χ0) is 35.3. The van der Waals surface area contributed by atoms with Crippen molar-refractivity contribution in [3.63, 3.8) is 0 Å². The molecule has 0 spiro atoms. The van der Waals surface area contributed by atoms with Gasteiger partial charge in [0.05, 0.1) is 12.2 Å². The van der Waals surface area contributed by atoms with Gasteiger partial charge in [-0.2, -0.15) is 0 Å². The van der Waals surface area contributed by atoms with Crippen LogP contribution in [-0.4, -0.2) is 152 Å². The van der Waals surface area contributed by atoms with Crippen molar-refractivity contribution in [1.29, 1.82) is 0 Å². The molecule has 0 aliphatic carbocycles. The molecular weight excluding hydrogens is 677 g/mol. The average molecular weight is 749 g/mol. The van der Waals surface area contributed by atoms with Gasteiger partial charge in [0.2, 0.25) is 0 Å². The minimum atomic E-state index is -2.13. The molecule has 0 aromatic carbocycles. The summed E-state index contributed by atoms with van der Waals surface area (Å²) < 4.78 is 47.2. The van der Waals surface area contributed by atoms with Crippen LogP contribution in [0.5, 0.6) is 0 Å². The van der Waals surface area contributed by atoms with E-state index in [0.29, 0.717) is 25.0 Å². The van der Waals surface area contributed by atoms with Gasteiger partial charge in [0, 0.05) is 55.7 Å². The Balaban J connectivity index is 1.80. The van der Waals surface area contributed by atoms with E-state index >= 15 is 0 Å². The maximum Gasteiger partial charge on any atom is 0.335 e. The highest BCUT2D eigenvalue weighted by Gasteiger charge is 2.38. The Morgan fingerprint density at radius 2 is 1.17 bits per heavy atom. The lowest BCUT2D eigenvalue weighted by atomic mass is 9.96. The van der Waals surface area contributed by atoms with Gasteiger partial charge in [0.25, 0.3) is 0 Å². The molecule has 5 unspecified atom stereocenters. The van der Waals surface area contributed by atoms with Crippen LogP contribution >= 0.6 is 0 Å². The standard InChI is InChI=1S/C34H72N2O8Si4/c1-30(32-29-36(21-15-25-46-34(39-4)40-5)23-17-27-48(9,42-7)44-32)18-12-10-11-13-19-31-28-35(20-14-24-45-33(37-2)38-3)22-16-26-47(8,41-6)43-31/h30-34H,10-29H2,1-9H3. The summed E-state index contributed by atoms with van der Waals surface area (Å²) in [6.07, 6.45) is 12.4. The summed E-state index contributed by atoms with van der Waals surface area (Å²) in [4.78, 5) is 5.26. The normalized spacial score (nSPS) is 27.6. The third-order valence-electron chi connectivity index (χ3n) is 10.1. The predicted octanol–water partition coefficient (Wildman–Crippen LogP) is 5.76. The van der Waals surface area contributed by atoms with Gasteiger partial charge in [-0.15, -0.1) is 0 Å². The zero-order valence-corrected chi connectivity index (χ0v) is 36.2. The van der Waals surface area contributed by atoms with E-state index in [1.54, 1.807) is 28.4 Å². The summed E-state index contributed by atoms with van der Waals surface area (Å²) in [5.41, 5.74) is 0. The van der Waals surface area contributed by atoms with Crippen LogP contribution in [0.15, 0.2) is 0 Å². The Morgan fingerprint density at radius 1 is 0.667 bits per heavy atom. The summed E-state index contributed by atoms with van der Waals surface area (Å²) in [7, 11) is 7.74. The zero-order valence-electron chi connectivity index (χ0n) is 32.2. The number of hydrogen-bond donors (Lipinski definition) is 0. The van der Waals surface area contributed by atoms with E-state index in [0.717, 1.165) is 82.7 Å². The van der Waals surface area contributed by atoms with Gasteiger partial charge < -0.3 is 46.5 Å². The fourth-order valence-electron chi connectivity index (χ4n) is 6.94. The van der Waals surface area contributed by atoms with Crippen molar-refractivity contribution in [2.24, 2.45) is 5.92 Å². The molecule has 0 aromatic heterocycles. The maximum atomic E-state index is 6.87. The number of hydrogen-bond acceptors (Lipinski definition) is 10. The first-order chi connectivity index (χ1) is 23.1. The van der Waals surface area contributed by atoms with Crippen LogP contribution in [0.3, 0.4) is 0 Å². The SMILES string of the molecule is COC(OC)[Si]CCCN1CCC[Si](C)(OC)OC(CCCCCCC(C)C2CN(CCC[Si]C(OC)OC)CCC[Si](C)(OC)O2)C1. The second kappa shape index (κ2) is 25.4. The van der Waals surface area contributed by atoms with E-state index in [1.807, 2.05) is 14.2 Å². The summed E-state index contributed by atoms with van der Waals surface area (Å²) in [6.45, 7) is 13.4. The molecule has 2 rings (SSSR count). The monoisotopic (exact) mass is 748 g/mol. The van der Waals surface area contributed by atoms with Gasteiger partial charge in [-0.05, 0) is 95.8 Å². The topological polar surface area (TPSA) is 80.3 Å². The van der Waals surface area contributed by atoms with Crippen LogP contribution < -0.4 is 0 Å². The third-order valence-corrected chi connectivity index (χ3v) is 18.9. The molecule has 282 valence electrons. The first kappa shape index (κ1) is 44.6. The van der Waals surface area contributed by atoms with Crippen LogP contribution in [0, 0.1) is 5.92 Å². The fraction of sp³-hybridized carbons (Fsp3) is 1.00. The molecule has 48 heavy (non-hydrogen) atoms. The van der Waals surface area contributed by atoms with Crippen molar-refractivity contribution in [3.8, 4) is 0 Å². The Morgan fingerprint density at radius 3 is 1.69 bits per heavy atom. The van der Waals surface area contributed by atoms with Crippen LogP contribution in [0.2, 0.25) is 37.3 Å². The van der Waals surface area contributed by atoms with Crippen molar-refractivity contribution in [2.75, 3.05) is 81.9 Å². The van der Waals surface area contributed by atoms with Crippen molar-refractivity contribution in [2.45, 2.75) is 132 Å². The fourth-order valence-corrected chi connectivity index (χ4v) is 13.1. The van der Waals surface area contributed by atoms with Crippen LogP contribution in [0.4, 0.5) is 0 Å². The molecule has 4 radical (unpaired) electrons. The number of nitrogens with zero attached hydrogens (tertiary/aromatic N) is 2. The second-order valence-electron chi connectivity index (χ2n) is 14.1. The Bertz CT molecular complexity index is 806. The quantitative estimate of drug-likeness (QED) is 0.0691. The lowest BCUT2D eigenvalue weighted by molar-refractivity contribution is -0.0443. The third kappa shape index (κ3) is 17.8. The molecule has 2 aliphatic rings. The Labute approximate surface area is 302 Å². The second-order valence-corrected chi connectivity index (χ2v) is 23.7. The van der Waals surface area contributed by atoms with E-state index in [9.17, 15) is 0 Å².